The normalized spacial score (nSPS) is 35.4. The molecule has 0 atom stereocenters. The fraction of sp³-hybridized carbons (Fsp3) is 0.857. The Labute approximate surface area is 166 Å². The van der Waals surface area contributed by atoms with E-state index >= 15 is 0 Å². The van der Waals surface area contributed by atoms with E-state index in [-0.39, 0.29) is 30.2 Å². The minimum Gasteiger partial charge on any atom is -0.481 e. The van der Waals surface area contributed by atoms with Gasteiger partial charge in [-0.15, -0.1) is 0 Å². The summed E-state index contributed by atoms with van der Waals surface area (Å²) < 4.78 is 5.31. The highest BCUT2D eigenvalue weighted by atomic mass is 16.5. The summed E-state index contributed by atoms with van der Waals surface area (Å²) in [5.74, 6) is 1.09. The Bertz CT molecular complexity index is 605. The van der Waals surface area contributed by atoms with Gasteiger partial charge >= 0.3 is 5.97 Å². The summed E-state index contributed by atoms with van der Waals surface area (Å²) in [6.45, 7) is 0.783. The van der Waals surface area contributed by atoms with Crippen molar-refractivity contribution in [1.82, 2.24) is 10.6 Å². The van der Waals surface area contributed by atoms with Crippen molar-refractivity contribution < 1.29 is 24.2 Å². The van der Waals surface area contributed by atoms with E-state index in [2.05, 4.69) is 10.6 Å². The van der Waals surface area contributed by atoms with Gasteiger partial charge in [0.1, 0.15) is 0 Å². The zero-order valence-corrected chi connectivity index (χ0v) is 16.5. The molecule has 0 unspecified atom stereocenters. The number of carbonyl (C=O) groups is 3. The van der Waals surface area contributed by atoms with Crippen molar-refractivity contribution in [2.75, 3.05) is 19.8 Å². The quantitative estimate of drug-likeness (QED) is 0.613. The van der Waals surface area contributed by atoms with E-state index in [0.717, 1.165) is 17.8 Å². The lowest BCUT2D eigenvalue weighted by atomic mass is 9.49. The molecule has 0 aromatic heterocycles. The van der Waals surface area contributed by atoms with Crippen LogP contribution in [0, 0.1) is 23.2 Å². The maximum absolute atomic E-state index is 12.6. The molecular weight excluding hydrogens is 360 g/mol. The second-order valence-electron chi connectivity index (χ2n) is 9.88. The summed E-state index contributed by atoms with van der Waals surface area (Å²) in [6, 6.07) is 0. The number of rotatable bonds is 7. The lowest BCUT2D eigenvalue weighted by Crippen LogP contribution is -2.55. The van der Waals surface area contributed by atoms with Crippen LogP contribution in [0.15, 0.2) is 0 Å². The molecule has 0 aromatic carbocycles. The van der Waals surface area contributed by atoms with Crippen LogP contribution in [0.5, 0.6) is 0 Å². The Morgan fingerprint density at radius 2 is 1.46 bits per heavy atom. The van der Waals surface area contributed by atoms with Gasteiger partial charge in [-0.1, -0.05) is 0 Å². The Kier molecular flexibility index (Phi) is 5.38. The second kappa shape index (κ2) is 7.65. The maximum atomic E-state index is 12.6. The van der Waals surface area contributed by atoms with E-state index in [1.807, 2.05) is 0 Å². The van der Waals surface area contributed by atoms with E-state index < -0.39 is 11.5 Å². The van der Waals surface area contributed by atoms with Crippen molar-refractivity contribution in [2.24, 2.45) is 23.2 Å². The van der Waals surface area contributed by atoms with Crippen LogP contribution in [0.25, 0.3) is 0 Å². The zero-order valence-electron chi connectivity index (χ0n) is 16.5. The molecule has 0 spiro atoms. The Morgan fingerprint density at radius 1 is 0.893 bits per heavy atom. The highest BCUT2D eigenvalue weighted by molar-refractivity contribution is 5.85. The van der Waals surface area contributed by atoms with Crippen LogP contribution in [0.3, 0.4) is 0 Å². The van der Waals surface area contributed by atoms with E-state index in [4.69, 9.17) is 4.74 Å². The predicted octanol–water partition coefficient (Wildman–Crippen LogP) is 1.85. The molecule has 5 rings (SSSR count). The van der Waals surface area contributed by atoms with E-state index in [1.165, 1.54) is 38.5 Å². The van der Waals surface area contributed by atoms with Crippen molar-refractivity contribution >= 4 is 17.8 Å². The van der Waals surface area contributed by atoms with Crippen LogP contribution in [-0.4, -0.2) is 48.2 Å². The van der Waals surface area contributed by atoms with Crippen LogP contribution in [-0.2, 0) is 19.1 Å². The third kappa shape index (κ3) is 4.34. The van der Waals surface area contributed by atoms with Gasteiger partial charge in [0.15, 0.2) is 0 Å². The average molecular weight is 392 g/mol. The Hall–Kier alpha value is -1.63. The first-order chi connectivity index (χ1) is 13.4. The SMILES string of the molecule is O=C(O)CC1(NC(=O)CNC(=O)CC23CC4CC(CC(C4)C2)C3)CCOCC1. The second-order valence-corrected chi connectivity index (χ2v) is 9.88. The van der Waals surface area contributed by atoms with Crippen molar-refractivity contribution in [1.29, 1.82) is 0 Å². The number of carboxylic acids is 1. The van der Waals surface area contributed by atoms with Crippen molar-refractivity contribution in [2.45, 2.75) is 69.7 Å². The van der Waals surface area contributed by atoms with Gasteiger partial charge in [0.05, 0.1) is 18.5 Å². The molecule has 5 fully saturated rings. The van der Waals surface area contributed by atoms with Gasteiger partial charge in [-0.05, 0) is 74.5 Å². The largest absolute Gasteiger partial charge is 0.481 e. The summed E-state index contributed by atoms with van der Waals surface area (Å²) >= 11 is 0. The molecule has 156 valence electrons. The zero-order chi connectivity index (χ0) is 19.8. The number of carboxylic acid groups (broad SMARTS) is 1. The number of aliphatic carboxylic acids is 1. The third-order valence-electron chi connectivity index (χ3n) is 7.49. The number of ether oxygens (including phenoxy) is 1. The highest BCUT2D eigenvalue weighted by Gasteiger charge is 2.51. The fourth-order valence-corrected chi connectivity index (χ4v) is 6.83. The standard InChI is InChI=1S/C21H32N2O5/c24-17(11-20-8-14-5-15(9-20)7-16(6-14)10-20)22-13-18(25)23-21(12-19(26)27)1-3-28-4-2-21/h14-16H,1-13H2,(H,22,24)(H,23,25)(H,26,27). The molecule has 4 aliphatic carbocycles. The Morgan fingerprint density at radius 3 is 2.00 bits per heavy atom. The first-order valence-corrected chi connectivity index (χ1v) is 10.7. The van der Waals surface area contributed by atoms with Crippen molar-refractivity contribution in [3.8, 4) is 0 Å². The molecule has 0 aromatic rings. The van der Waals surface area contributed by atoms with E-state index in [0.29, 0.717) is 32.5 Å². The fourth-order valence-electron chi connectivity index (χ4n) is 6.83. The minimum absolute atomic E-state index is 0.0450. The molecule has 0 radical (unpaired) electrons. The van der Waals surface area contributed by atoms with Crippen LogP contribution < -0.4 is 10.6 Å². The lowest BCUT2D eigenvalue weighted by Gasteiger charge is -2.56. The predicted molar refractivity (Wildman–Crippen MR) is 101 cm³/mol. The summed E-state index contributed by atoms with van der Waals surface area (Å²) in [6.07, 6.45) is 8.90. The number of hydrogen-bond donors (Lipinski definition) is 3. The van der Waals surface area contributed by atoms with Crippen LogP contribution >= 0.6 is 0 Å². The summed E-state index contributed by atoms with van der Waals surface area (Å²) in [4.78, 5) is 36.2. The third-order valence-corrected chi connectivity index (χ3v) is 7.49. The molecule has 1 aliphatic heterocycles. The van der Waals surface area contributed by atoms with Crippen LogP contribution in [0.4, 0.5) is 0 Å². The number of carbonyl (C=O) groups excluding carboxylic acids is 2. The topological polar surface area (TPSA) is 105 Å². The maximum Gasteiger partial charge on any atom is 0.305 e. The monoisotopic (exact) mass is 392 g/mol. The molecule has 3 N–H and O–H groups in total. The number of hydrogen-bond acceptors (Lipinski definition) is 4. The molecule has 7 heteroatoms. The molecule has 4 saturated carbocycles. The minimum atomic E-state index is -0.937. The average Bonchev–Trinajstić information content (AvgIpc) is 2.58. The van der Waals surface area contributed by atoms with Crippen LogP contribution in [0.2, 0.25) is 0 Å². The molecule has 1 saturated heterocycles. The molecule has 7 nitrogen and oxygen atoms in total. The molecule has 5 aliphatic rings. The van der Waals surface area contributed by atoms with Crippen molar-refractivity contribution in [3.63, 3.8) is 0 Å². The van der Waals surface area contributed by atoms with Gasteiger partial charge in [0.2, 0.25) is 11.8 Å². The number of nitrogens with one attached hydrogen (secondary N) is 2. The molecule has 4 bridgehead atoms. The molecule has 28 heavy (non-hydrogen) atoms. The molecule has 1 heterocycles. The lowest BCUT2D eigenvalue weighted by molar-refractivity contribution is -0.141. The molecular formula is C21H32N2O5. The molecule has 2 amide bonds. The number of amides is 2. The van der Waals surface area contributed by atoms with Gasteiger partial charge < -0.3 is 20.5 Å². The summed E-state index contributed by atoms with van der Waals surface area (Å²) in [7, 11) is 0. The van der Waals surface area contributed by atoms with Gasteiger partial charge in [0.25, 0.3) is 0 Å². The van der Waals surface area contributed by atoms with Gasteiger partial charge in [0, 0.05) is 19.6 Å². The van der Waals surface area contributed by atoms with Crippen molar-refractivity contribution in [3.05, 3.63) is 0 Å². The highest BCUT2D eigenvalue weighted by Crippen LogP contribution is 2.61. The van der Waals surface area contributed by atoms with Gasteiger partial charge in [-0.3, -0.25) is 14.4 Å². The van der Waals surface area contributed by atoms with E-state index in [9.17, 15) is 19.5 Å². The van der Waals surface area contributed by atoms with Gasteiger partial charge in [-0.25, -0.2) is 0 Å². The summed E-state index contributed by atoms with van der Waals surface area (Å²) in [5.41, 5.74) is -0.619. The first kappa shape index (κ1) is 19.7. The first-order valence-electron chi connectivity index (χ1n) is 10.7. The van der Waals surface area contributed by atoms with E-state index in [1.54, 1.807) is 0 Å². The summed E-state index contributed by atoms with van der Waals surface area (Å²) in [5, 5.41) is 14.8. The van der Waals surface area contributed by atoms with Gasteiger partial charge in [-0.2, -0.15) is 0 Å². The smallest absolute Gasteiger partial charge is 0.305 e. The van der Waals surface area contributed by atoms with Crippen LogP contribution in [0.1, 0.15) is 64.2 Å². The Balaban J connectivity index is 1.27.